The molecular weight excluding hydrogens is 418 g/mol. The van der Waals surface area contributed by atoms with Crippen molar-refractivity contribution in [3.63, 3.8) is 0 Å². The van der Waals surface area contributed by atoms with Crippen molar-refractivity contribution in [1.29, 1.82) is 0 Å². The van der Waals surface area contributed by atoms with Gasteiger partial charge in [0.2, 0.25) is 5.91 Å². The Morgan fingerprint density at radius 2 is 1.79 bits per heavy atom. The molecule has 1 aliphatic heterocycles. The fraction of sp³-hybridized carbons (Fsp3) is 0.421. The van der Waals surface area contributed by atoms with Crippen LogP contribution in [0.3, 0.4) is 0 Å². The lowest BCUT2D eigenvalue weighted by atomic mass is 10.1. The predicted molar refractivity (Wildman–Crippen MR) is 114 cm³/mol. The Kier molecular flexibility index (Phi) is 6.77. The number of anilines is 1. The van der Waals surface area contributed by atoms with Crippen LogP contribution < -0.4 is 5.32 Å². The van der Waals surface area contributed by atoms with Gasteiger partial charge in [-0.25, -0.2) is 8.42 Å². The van der Waals surface area contributed by atoms with Crippen LogP contribution in [0.15, 0.2) is 40.6 Å². The van der Waals surface area contributed by atoms with Crippen LogP contribution in [0.25, 0.3) is 0 Å². The van der Waals surface area contributed by atoms with Crippen LogP contribution in [0, 0.1) is 0 Å². The molecule has 2 aromatic rings. The van der Waals surface area contributed by atoms with Crippen molar-refractivity contribution in [3.05, 3.63) is 46.3 Å². The van der Waals surface area contributed by atoms with Gasteiger partial charge in [0.25, 0.3) is 10.0 Å². The second kappa shape index (κ2) is 8.92. The number of benzene rings is 1. The molecule has 0 bridgehead atoms. The SMILES string of the molecule is CCc1ccc(NC(=O)C(C)N2CCN(S(=O)(=O)c3ccc(Cl)s3)CC2)cc1. The van der Waals surface area contributed by atoms with Crippen molar-refractivity contribution in [1.82, 2.24) is 9.21 Å². The van der Waals surface area contributed by atoms with Crippen LogP contribution in [0.1, 0.15) is 19.4 Å². The van der Waals surface area contributed by atoms with E-state index in [1.807, 2.05) is 36.1 Å². The predicted octanol–water partition coefficient (Wildman–Crippen LogP) is 3.30. The number of aryl methyl sites for hydroxylation is 1. The number of carbonyl (C=O) groups is 1. The van der Waals surface area contributed by atoms with Crippen LogP contribution in [-0.4, -0.2) is 55.8 Å². The number of halogens is 1. The minimum Gasteiger partial charge on any atom is -0.325 e. The van der Waals surface area contributed by atoms with E-state index in [9.17, 15) is 13.2 Å². The zero-order chi connectivity index (χ0) is 20.3. The van der Waals surface area contributed by atoms with Crippen LogP contribution in [0.4, 0.5) is 5.69 Å². The van der Waals surface area contributed by atoms with E-state index < -0.39 is 10.0 Å². The van der Waals surface area contributed by atoms with Crippen molar-refractivity contribution < 1.29 is 13.2 Å². The topological polar surface area (TPSA) is 69.7 Å². The number of hydrogen-bond donors (Lipinski definition) is 1. The van der Waals surface area contributed by atoms with Crippen LogP contribution >= 0.6 is 22.9 Å². The van der Waals surface area contributed by atoms with Crippen molar-refractivity contribution in [3.8, 4) is 0 Å². The lowest BCUT2D eigenvalue weighted by Gasteiger charge is -2.36. The average Bonchev–Trinajstić information content (AvgIpc) is 3.15. The van der Waals surface area contributed by atoms with Gasteiger partial charge in [0, 0.05) is 31.9 Å². The number of hydrogen-bond acceptors (Lipinski definition) is 5. The van der Waals surface area contributed by atoms with E-state index in [4.69, 9.17) is 11.6 Å². The fourth-order valence-electron chi connectivity index (χ4n) is 3.13. The maximum atomic E-state index is 12.7. The van der Waals surface area contributed by atoms with Gasteiger partial charge in [-0.1, -0.05) is 30.7 Å². The number of sulfonamides is 1. The highest BCUT2D eigenvalue weighted by Gasteiger charge is 2.32. The molecule has 9 heteroatoms. The summed E-state index contributed by atoms with van der Waals surface area (Å²) in [4.78, 5) is 14.6. The Morgan fingerprint density at radius 3 is 2.32 bits per heavy atom. The average molecular weight is 442 g/mol. The minimum absolute atomic E-state index is 0.0920. The first-order chi connectivity index (χ1) is 13.3. The molecule has 0 saturated carbocycles. The van der Waals surface area contributed by atoms with E-state index in [-0.39, 0.29) is 16.2 Å². The van der Waals surface area contributed by atoms with Crippen molar-refractivity contribution in [2.24, 2.45) is 0 Å². The van der Waals surface area contributed by atoms with E-state index in [1.165, 1.54) is 15.9 Å². The second-order valence-electron chi connectivity index (χ2n) is 6.71. The van der Waals surface area contributed by atoms with E-state index in [0.717, 1.165) is 23.4 Å². The van der Waals surface area contributed by atoms with E-state index in [0.29, 0.717) is 30.5 Å². The highest BCUT2D eigenvalue weighted by Crippen LogP contribution is 2.28. The first kappa shape index (κ1) is 21.3. The Labute approximate surface area is 175 Å². The maximum Gasteiger partial charge on any atom is 0.252 e. The van der Waals surface area contributed by atoms with Gasteiger partial charge in [0.1, 0.15) is 4.21 Å². The van der Waals surface area contributed by atoms with Crippen LogP contribution in [0.5, 0.6) is 0 Å². The molecule has 1 aliphatic rings. The van der Waals surface area contributed by atoms with E-state index in [2.05, 4.69) is 12.2 Å². The Morgan fingerprint density at radius 1 is 1.14 bits per heavy atom. The maximum absolute atomic E-state index is 12.7. The molecule has 2 heterocycles. The van der Waals surface area contributed by atoms with Gasteiger partial charge >= 0.3 is 0 Å². The number of carbonyl (C=O) groups excluding carboxylic acids is 1. The number of nitrogens with one attached hydrogen (secondary N) is 1. The number of amides is 1. The molecule has 0 radical (unpaired) electrons. The molecule has 0 aliphatic carbocycles. The first-order valence-electron chi connectivity index (χ1n) is 9.20. The first-order valence-corrected chi connectivity index (χ1v) is 11.8. The number of piperazine rings is 1. The van der Waals surface area contributed by atoms with Crippen molar-refractivity contribution >= 4 is 44.6 Å². The fourth-order valence-corrected chi connectivity index (χ4v) is 6.19. The molecule has 1 amide bonds. The minimum atomic E-state index is -3.53. The Hall–Kier alpha value is -1.45. The van der Waals surface area contributed by atoms with Gasteiger partial charge in [-0.05, 0) is 43.2 Å². The third kappa shape index (κ3) is 4.75. The summed E-state index contributed by atoms with van der Waals surface area (Å²) in [6.07, 6.45) is 0.954. The van der Waals surface area contributed by atoms with Gasteiger partial charge in [-0.15, -0.1) is 11.3 Å². The van der Waals surface area contributed by atoms with Gasteiger partial charge in [0.05, 0.1) is 10.4 Å². The van der Waals surface area contributed by atoms with E-state index in [1.54, 1.807) is 6.07 Å². The van der Waals surface area contributed by atoms with Gasteiger partial charge in [-0.3, -0.25) is 9.69 Å². The van der Waals surface area contributed by atoms with Crippen molar-refractivity contribution in [2.45, 2.75) is 30.5 Å². The lowest BCUT2D eigenvalue weighted by molar-refractivity contribution is -0.121. The van der Waals surface area contributed by atoms with E-state index >= 15 is 0 Å². The van der Waals surface area contributed by atoms with Crippen molar-refractivity contribution in [2.75, 3.05) is 31.5 Å². The summed E-state index contributed by atoms with van der Waals surface area (Å²) in [6, 6.07) is 10.6. The molecule has 1 unspecified atom stereocenters. The zero-order valence-electron chi connectivity index (χ0n) is 15.9. The zero-order valence-corrected chi connectivity index (χ0v) is 18.3. The molecule has 152 valence electrons. The van der Waals surface area contributed by atoms with Gasteiger partial charge in [0.15, 0.2) is 0 Å². The Balaban J connectivity index is 1.56. The van der Waals surface area contributed by atoms with Gasteiger partial charge in [-0.2, -0.15) is 4.31 Å². The summed E-state index contributed by atoms with van der Waals surface area (Å²) < 4.78 is 27.5. The molecule has 1 fully saturated rings. The highest BCUT2D eigenvalue weighted by molar-refractivity contribution is 7.91. The highest BCUT2D eigenvalue weighted by atomic mass is 35.5. The molecule has 3 rings (SSSR count). The standard InChI is InChI=1S/C19H24ClN3O3S2/c1-3-15-4-6-16(7-5-15)21-19(24)14(2)22-10-12-23(13-11-22)28(25,26)18-9-8-17(20)27-18/h4-9,14H,3,10-13H2,1-2H3,(H,21,24). The van der Waals surface area contributed by atoms with Crippen LogP contribution in [-0.2, 0) is 21.2 Å². The molecule has 1 N–H and O–H groups in total. The normalized spacial score (nSPS) is 17.4. The smallest absolute Gasteiger partial charge is 0.252 e. The van der Waals surface area contributed by atoms with Crippen LogP contribution in [0.2, 0.25) is 4.34 Å². The number of thiophene rings is 1. The lowest BCUT2D eigenvalue weighted by Crippen LogP contribution is -2.53. The summed E-state index contributed by atoms with van der Waals surface area (Å²) in [5, 5.41) is 2.93. The quantitative estimate of drug-likeness (QED) is 0.746. The van der Waals surface area contributed by atoms with Gasteiger partial charge < -0.3 is 5.32 Å². The third-order valence-corrected chi connectivity index (χ3v) is 8.57. The summed E-state index contributed by atoms with van der Waals surface area (Å²) in [5.74, 6) is -0.0920. The Bertz CT molecular complexity index is 920. The molecule has 1 saturated heterocycles. The number of nitrogens with zero attached hydrogens (tertiary/aromatic N) is 2. The number of rotatable bonds is 6. The molecule has 1 atom stereocenters. The third-order valence-electron chi connectivity index (χ3n) is 4.97. The monoisotopic (exact) mass is 441 g/mol. The summed E-state index contributed by atoms with van der Waals surface area (Å²) in [6.45, 7) is 5.63. The molecular formula is C19H24ClN3O3S2. The largest absolute Gasteiger partial charge is 0.325 e. The summed E-state index contributed by atoms with van der Waals surface area (Å²) in [7, 11) is -3.53. The molecule has 0 spiro atoms. The summed E-state index contributed by atoms with van der Waals surface area (Å²) in [5.41, 5.74) is 1.99. The molecule has 6 nitrogen and oxygen atoms in total. The molecule has 1 aromatic carbocycles. The summed E-state index contributed by atoms with van der Waals surface area (Å²) >= 11 is 6.93. The molecule has 28 heavy (non-hydrogen) atoms. The second-order valence-corrected chi connectivity index (χ2v) is 10.6. The molecule has 1 aromatic heterocycles.